The molecule has 0 bridgehead atoms. The van der Waals surface area contributed by atoms with Gasteiger partial charge in [0.25, 0.3) is 5.91 Å². The summed E-state index contributed by atoms with van der Waals surface area (Å²) in [7, 11) is 0. The molecule has 0 radical (unpaired) electrons. The second-order valence-corrected chi connectivity index (χ2v) is 7.41. The zero-order valence-electron chi connectivity index (χ0n) is 17.0. The molecule has 30 heavy (non-hydrogen) atoms. The molecule has 3 rings (SSSR count). The SMILES string of the molecule is CCCCC1(C(Cc2ccccc2)N(C=O)OCc2ccccc2)NC(=O)NC1=O. The van der Waals surface area contributed by atoms with Crippen molar-refractivity contribution in [2.45, 2.75) is 50.8 Å². The molecule has 2 aromatic rings. The molecule has 2 N–H and O–H groups in total. The van der Waals surface area contributed by atoms with Crippen molar-refractivity contribution in [1.29, 1.82) is 0 Å². The third-order valence-corrected chi connectivity index (χ3v) is 5.37. The molecule has 0 spiro atoms. The van der Waals surface area contributed by atoms with Gasteiger partial charge < -0.3 is 5.32 Å². The molecule has 1 fully saturated rings. The summed E-state index contributed by atoms with van der Waals surface area (Å²) in [5.41, 5.74) is 0.563. The summed E-state index contributed by atoms with van der Waals surface area (Å²) in [6.45, 7) is 2.18. The van der Waals surface area contributed by atoms with E-state index in [9.17, 15) is 14.4 Å². The average Bonchev–Trinajstić information content (AvgIpc) is 3.07. The van der Waals surface area contributed by atoms with Gasteiger partial charge >= 0.3 is 6.03 Å². The number of hydroxylamine groups is 2. The van der Waals surface area contributed by atoms with Crippen LogP contribution in [0.15, 0.2) is 60.7 Å². The number of hydrogen-bond donors (Lipinski definition) is 2. The van der Waals surface area contributed by atoms with Gasteiger partial charge in [-0.2, -0.15) is 0 Å². The molecule has 1 aliphatic heterocycles. The number of imide groups is 1. The Hall–Kier alpha value is -3.19. The van der Waals surface area contributed by atoms with Gasteiger partial charge in [-0.25, -0.2) is 9.86 Å². The molecular weight excluding hydrogens is 382 g/mol. The summed E-state index contributed by atoms with van der Waals surface area (Å²) < 4.78 is 0. The Kier molecular flexibility index (Phi) is 7.19. The van der Waals surface area contributed by atoms with Crippen LogP contribution in [0, 0.1) is 0 Å². The fraction of sp³-hybridized carbons (Fsp3) is 0.348. The predicted molar refractivity (Wildman–Crippen MR) is 112 cm³/mol. The molecule has 7 nitrogen and oxygen atoms in total. The highest BCUT2D eigenvalue weighted by molar-refractivity contribution is 6.07. The first-order valence-corrected chi connectivity index (χ1v) is 10.2. The number of urea groups is 1. The molecule has 4 amide bonds. The molecule has 1 saturated heterocycles. The zero-order valence-corrected chi connectivity index (χ0v) is 17.0. The summed E-state index contributed by atoms with van der Waals surface area (Å²) in [6.07, 6.45) is 2.89. The van der Waals surface area contributed by atoms with Crippen LogP contribution in [0.1, 0.15) is 37.3 Å². The first-order chi connectivity index (χ1) is 14.6. The summed E-state index contributed by atoms with van der Waals surface area (Å²) in [6, 6.07) is 17.8. The number of unbranched alkanes of at least 4 members (excludes halogenated alkanes) is 1. The first kappa shape index (κ1) is 21.5. The van der Waals surface area contributed by atoms with Crippen molar-refractivity contribution in [1.82, 2.24) is 15.7 Å². The maximum Gasteiger partial charge on any atom is 0.322 e. The van der Waals surface area contributed by atoms with Gasteiger partial charge in [0.15, 0.2) is 0 Å². The maximum absolute atomic E-state index is 12.9. The van der Waals surface area contributed by atoms with E-state index in [2.05, 4.69) is 10.6 Å². The number of nitrogens with zero attached hydrogens (tertiary/aromatic N) is 1. The van der Waals surface area contributed by atoms with E-state index >= 15 is 0 Å². The van der Waals surface area contributed by atoms with E-state index in [0.29, 0.717) is 25.7 Å². The zero-order chi connectivity index (χ0) is 21.4. The number of carbonyl (C=O) groups is 3. The molecule has 0 aromatic heterocycles. The van der Waals surface area contributed by atoms with Crippen LogP contribution in [0.25, 0.3) is 0 Å². The first-order valence-electron chi connectivity index (χ1n) is 10.2. The second kappa shape index (κ2) is 10.0. The lowest BCUT2D eigenvalue weighted by Gasteiger charge is -2.39. The van der Waals surface area contributed by atoms with Gasteiger partial charge in [0.1, 0.15) is 12.1 Å². The van der Waals surface area contributed by atoms with E-state index in [0.717, 1.165) is 17.5 Å². The van der Waals surface area contributed by atoms with Gasteiger partial charge in [-0.1, -0.05) is 80.4 Å². The normalized spacial score (nSPS) is 19.1. The Morgan fingerprint density at radius 2 is 1.67 bits per heavy atom. The topological polar surface area (TPSA) is 87.7 Å². The van der Waals surface area contributed by atoms with Crippen molar-refractivity contribution in [2.24, 2.45) is 0 Å². The monoisotopic (exact) mass is 409 g/mol. The summed E-state index contributed by atoms with van der Waals surface area (Å²) in [5.74, 6) is -0.433. The van der Waals surface area contributed by atoms with Crippen molar-refractivity contribution in [3.8, 4) is 0 Å². The van der Waals surface area contributed by atoms with Gasteiger partial charge in [-0.15, -0.1) is 0 Å². The number of amides is 4. The van der Waals surface area contributed by atoms with E-state index in [1.54, 1.807) is 0 Å². The molecule has 2 aromatic carbocycles. The number of hydrogen-bond acceptors (Lipinski definition) is 4. The number of rotatable bonds is 11. The minimum absolute atomic E-state index is 0.171. The molecule has 2 unspecified atom stereocenters. The van der Waals surface area contributed by atoms with Gasteiger partial charge in [-0.3, -0.25) is 19.7 Å². The third-order valence-electron chi connectivity index (χ3n) is 5.37. The molecule has 1 heterocycles. The molecule has 0 saturated carbocycles. The highest BCUT2D eigenvalue weighted by Gasteiger charge is 2.54. The Bertz CT molecular complexity index is 859. The molecule has 158 valence electrons. The standard InChI is InChI=1S/C23H27N3O4/c1-2-3-14-23(21(28)24-22(29)25-23)20(15-18-10-6-4-7-11-18)26(17-27)30-16-19-12-8-5-9-13-19/h4-13,17,20H,2-3,14-16H2,1H3,(H2,24,25,28,29). The van der Waals surface area contributed by atoms with Crippen LogP contribution in [-0.4, -0.2) is 35.0 Å². The smallest absolute Gasteiger partial charge is 0.321 e. The van der Waals surface area contributed by atoms with Gasteiger partial charge in [-0.05, 0) is 24.0 Å². The second-order valence-electron chi connectivity index (χ2n) is 7.41. The highest BCUT2D eigenvalue weighted by atomic mass is 16.7. The predicted octanol–water partition coefficient (Wildman–Crippen LogP) is 2.96. The summed E-state index contributed by atoms with van der Waals surface area (Å²) >= 11 is 0. The minimum Gasteiger partial charge on any atom is -0.321 e. The fourth-order valence-electron chi connectivity index (χ4n) is 3.77. The van der Waals surface area contributed by atoms with E-state index in [4.69, 9.17) is 4.84 Å². The van der Waals surface area contributed by atoms with Crippen LogP contribution in [0.3, 0.4) is 0 Å². The third kappa shape index (κ3) is 4.86. The molecule has 7 heteroatoms. The van der Waals surface area contributed by atoms with Crippen molar-refractivity contribution in [3.63, 3.8) is 0 Å². The minimum atomic E-state index is -1.26. The van der Waals surface area contributed by atoms with Crippen LogP contribution >= 0.6 is 0 Å². The largest absolute Gasteiger partial charge is 0.322 e. The average molecular weight is 409 g/mol. The lowest BCUT2D eigenvalue weighted by Crippen LogP contribution is -2.63. The van der Waals surface area contributed by atoms with Crippen molar-refractivity contribution in [3.05, 3.63) is 71.8 Å². The lowest BCUT2D eigenvalue weighted by molar-refractivity contribution is -0.202. The molecule has 1 aliphatic rings. The van der Waals surface area contributed by atoms with E-state index in [-0.39, 0.29) is 6.61 Å². The van der Waals surface area contributed by atoms with E-state index in [1.807, 2.05) is 67.6 Å². The van der Waals surface area contributed by atoms with Crippen LogP contribution in [0.5, 0.6) is 0 Å². The van der Waals surface area contributed by atoms with Gasteiger partial charge in [0.05, 0.1) is 6.04 Å². The van der Waals surface area contributed by atoms with Crippen molar-refractivity contribution >= 4 is 18.3 Å². The van der Waals surface area contributed by atoms with E-state index in [1.165, 1.54) is 5.06 Å². The summed E-state index contributed by atoms with van der Waals surface area (Å²) in [5, 5.41) is 6.34. The van der Waals surface area contributed by atoms with Crippen LogP contribution < -0.4 is 10.6 Å². The molecule has 2 atom stereocenters. The van der Waals surface area contributed by atoms with Crippen LogP contribution in [0.4, 0.5) is 4.79 Å². The van der Waals surface area contributed by atoms with Crippen LogP contribution in [-0.2, 0) is 27.5 Å². The summed E-state index contributed by atoms with van der Waals surface area (Å²) in [4.78, 5) is 43.0. The number of carbonyl (C=O) groups excluding carboxylic acids is 3. The van der Waals surface area contributed by atoms with Gasteiger partial charge in [0, 0.05) is 0 Å². The Morgan fingerprint density at radius 3 is 2.20 bits per heavy atom. The Labute approximate surface area is 176 Å². The Balaban J connectivity index is 1.93. The van der Waals surface area contributed by atoms with Crippen molar-refractivity contribution in [2.75, 3.05) is 0 Å². The number of nitrogens with one attached hydrogen (secondary N) is 2. The quantitative estimate of drug-likeness (QED) is 0.339. The molecular formula is C23H27N3O4. The van der Waals surface area contributed by atoms with Crippen molar-refractivity contribution < 1.29 is 19.2 Å². The Morgan fingerprint density at radius 1 is 1.03 bits per heavy atom. The van der Waals surface area contributed by atoms with Crippen LogP contribution in [0.2, 0.25) is 0 Å². The lowest BCUT2D eigenvalue weighted by atomic mass is 9.81. The number of benzene rings is 2. The maximum atomic E-state index is 12.9. The van der Waals surface area contributed by atoms with Gasteiger partial charge in [0.2, 0.25) is 6.41 Å². The highest BCUT2D eigenvalue weighted by Crippen LogP contribution is 2.29. The van der Waals surface area contributed by atoms with E-state index < -0.39 is 23.5 Å². The molecule has 0 aliphatic carbocycles. The fourth-order valence-corrected chi connectivity index (χ4v) is 3.77.